The third-order valence-electron chi connectivity index (χ3n) is 5.22. The van der Waals surface area contributed by atoms with Gasteiger partial charge in [-0.05, 0) is 29.7 Å². The molecule has 0 fully saturated rings. The SMILES string of the molecule is COC1=CC2c3cc4ccc(OC)c(OC)c4c[n+]3CCC2C=C1O. The second-order valence-corrected chi connectivity index (χ2v) is 6.46. The van der Waals surface area contributed by atoms with Gasteiger partial charge in [-0.15, -0.1) is 0 Å². The van der Waals surface area contributed by atoms with Crippen molar-refractivity contribution in [2.75, 3.05) is 21.3 Å². The van der Waals surface area contributed by atoms with Gasteiger partial charge < -0.3 is 19.3 Å². The van der Waals surface area contributed by atoms with E-state index in [4.69, 9.17) is 14.2 Å². The van der Waals surface area contributed by atoms with Gasteiger partial charge in [-0.25, -0.2) is 4.57 Å². The molecule has 2 atom stereocenters. The molecular formula is C20H22NO4+. The number of allylic oxidation sites excluding steroid dienone is 2. The first-order chi connectivity index (χ1) is 12.2. The number of aryl methyl sites for hydroxylation is 1. The molecule has 0 spiro atoms. The second kappa shape index (κ2) is 5.99. The zero-order valence-corrected chi connectivity index (χ0v) is 14.7. The summed E-state index contributed by atoms with van der Waals surface area (Å²) in [6, 6.07) is 6.19. The van der Waals surface area contributed by atoms with Crippen molar-refractivity contribution in [3.05, 3.63) is 53.8 Å². The van der Waals surface area contributed by atoms with Crippen LogP contribution < -0.4 is 14.0 Å². The zero-order chi connectivity index (χ0) is 17.6. The van der Waals surface area contributed by atoms with E-state index in [0.29, 0.717) is 5.76 Å². The highest BCUT2D eigenvalue weighted by molar-refractivity contribution is 5.89. The summed E-state index contributed by atoms with van der Waals surface area (Å²) in [6.07, 6.45) is 7.06. The Kier molecular flexibility index (Phi) is 3.79. The van der Waals surface area contributed by atoms with Gasteiger partial charge in [0.05, 0.1) is 32.6 Å². The Morgan fingerprint density at radius 1 is 1.08 bits per heavy atom. The average Bonchev–Trinajstić information content (AvgIpc) is 2.64. The predicted octanol–water partition coefficient (Wildman–Crippen LogP) is 3.23. The molecule has 2 unspecified atom stereocenters. The van der Waals surface area contributed by atoms with Crippen molar-refractivity contribution >= 4 is 10.8 Å². The summed E-state index contributed by atoms with van der Waals surface area (Å²) in [5.41, 5.74) is 1.22. The van der Waals surface area contributed by atoms with E-state index in [1.165, 1.54) is 5.69 Å². The minimum atomic E-state index is 0.192. The number of aromatic nitrogens is 1. The summed E-state index contributed by atoms with van der Waals surface area (Å²) in [4.78, 5) is 0. The largest absolute Gasteiger partial charge is 0.504 e. The van der Waals surface area contributed by atoms with Gasteiger partial charge in [0.15, 0.2) is 34.9 Å². The van der Waals surface area contributed by atoms with Crippen molar-refractivity contribution in [2.45, 2.75) is 18.9 Å². The first-order valence-corrected chi connectivity index (χ1v) is 8.41. The lowest BCUT2D eigenvalue weighted by atomic mass is 9.79. The zero-order valence-electron chi connectivity index (χ0n) is 14.7. The number of hydrogen-bond donors (Lipinski definition) is 1. The Morgan fingerprint density at radius 3 is 2.64 bits per heavy atom. The molecule has 0 saturated heterocycles. The smallest absolute Gasteiger partial charge is 0.189 e. The van der Waals surface area contributed by atoms with Crippen LogP contribution in [0.4, 0.5) is 0 Å². The number of methoxy groups -OCH3 is 3. The summed E-state index contributed by atoms with van der Waals surface area (Å²) in [6.45, 7) is 0.896. The fraction of sp³-hybridized carbons (Fsp3) is 0.350. The Hall–Kier alpha value is -2.69. The molecule has 1 aromatic carbocycles. The monoisotopic (exact) mass is 340 g/mol. The molecular weight excluding hydrogens is 318 g/mol. The van der Waals surface area contributed by atoms with Crippen LogP contribution in [0.2, 0.25) is 0 Å². The van der Waals surface area contributed by atoms with E-state index in [1.807, 2.05) is 18.2 Å². The number of hydrogen-bond acceptors (Lipinski definition) is 4. The Balaban J connectivity index is 1.88. The fourth-order valence-corrected chi connectivity index (χ4v) is 3.97. The van der Waals surface area contributed by atoms with Gasteiger partial charge in [0.25, 0.3) is 0 Å². The molecule has 4 rings (SSSR count). The Bertz CT molecular complexity index is 900. The van der Waals surface area contributed by atoms with Crippen LogP contribution in [0.1, 0.15) is 18.0 Å². The molecule has 5 heteroatoms. The molecule has 1 aliphatic heterocycles. The molecule has 0 radical (unpaired) electrons. The molecule has 1 aromatic heterocycles. The summed E-state index contributed by atoms with van der Waals surface area (Å²) in [7, 11) is 4.90. The maximum atomic E-state index is 10.1. The molecule has 25 heavy (non-hydrogen) atoms. The first-order valence-electron chi connectivity index (χ1n) is 8.41. The number of fused-ring (bicyclic) bond motifs is 4. The van der Waals surface area contributed by atoms with Gasteiger partial charge in [0.1, 0.15) is 6.54 Å². The van der Waals surface area contributed by atoms with E-state index in [9.17, 15) is 5.11 Å². The van der Waals surface area contributed by atoms with E-state index >= 15 is 0 Å². The molecule has 130 valence electrons. The van der Waals surface area contributed by atoms with Crippen LogP contribution in [0.15, 0.2) is 48.1 Å². The summed E-state index contributed by atoms with van der Waals surface area (Å²) >= 11 is 0. The fourth-order valence-electron chi connectivity index (χ4n) is 3.97. The van der Waals surface area contributed by atoms with E-state index in [1.54, 1.807) is 21.3 Å². The topological polar surface area (TPSA) is 51.8 Å². The number of ether oxygens (including phenoxy) is 3. The third-order valence-corrected chi connectivity index (χ3v) is 5.22. The van der Waals surface area contributed by atoms with Crippen molar-refractivity contribution in [3.8, 4) is 11.5 Å². The highest BCUT2D eigenvalue weighted by atomic mass is 16.5. The molecule has 0 saturated carbocycles. The maximum absolute atomic E-state index is 10.1. The van der Waals surface area contributed by atoms with Crippen molar-refractivity contribution < 1.29 is 23.9 Å². The molecule has 0 amide bonds. The van der Waals surface area contributed by atoms with Crippen LogP contribution in [-0.2, 0) is 11.3 Å². The van der Waals surface area contributed by atoms with Crippen molar-refractivity contribution in [2.24, 2.45) is 5.92 Å². The van der Waals surface area contributed by atoms with E-state index in [0.717, 1.165) is 35.2 Å². The molecule has 1 N–H and O–H groups in total. The minimum absolute atomic E-state index is 0.192. The third kappa shape index (κ3) is 2.42. The lowest BCUT2D eigenvalue weighted by Crippen LogP contribution is -2.45. The van der Waals surface area contributed by atoms with Gasteiger partial charge >= 0.3 is 0 Å². The van der Waals surface area contributed by atoms with Crippen LogP contribution in [0, 0.1) is 5.92 Å². The summed E-state index contributed by atoms with van der Waals surface area (Å²) < 4.78 is 18.6. The van der Waals surface area contributed by atoms with Gasteiger partial charge in [0.2, 0.25) is 0 Å². The molecule has 5 nitrogen and oxygen atoms in total. The van der Waals surface area contributed by atoms with Crippen LogP contribution in [0.3, 0.4) is 0 Å². The van der Waals surface area contributed by atoms with Gasteiger partial charge in [-0.3, -0.25) is 0 Å². The minimum Gasteiger partial charge on any atom is -0.504 e. The lowest BCUT2D eigenvalue weighted by molar-refractivity contribution is -0.710. The van der Waals surface area contributed by atoms with Crippen LogP contribution in [0.5, 0.6) is 11.5 Å². The number of rotatable bonds is 3. The summed E-state index contributed by atoms with van der Waals surface area (Å²) in [5.74, 6) is 2.75. The normalized spacial score (nSPS) is 21.7. The lowest BCUT2D eigenvalue weighted by Gasteiger charge is -2.29. The summed E-state index contributed by atoms with van der Waals surface area (Å²) in [5, 5.41) is 12.2. The Morgan fingerprint density at radius 2 is 1.92 bits per heavy atom. The number of aliphatic hydroxyl groups is 1. The highest BCUT2D eigenvalue weighted by Gasteiger charge is 2.37. The molecule has 2 aromatic rings. The standard InChI is InChI=1S/C20H21NO4/c1-23-18-5-4-12-8-16-14-10-19(24-2)17(22)9-13(14)6-7-21(16)11-15(12)20(18)25-3/h4-5,8-11,13-14H,6-7H2,1-3H3/p+1. The molecule has 1 aliphatic carbocycles. The second-order valence-electron chi connectivity index (χ2n) is 6.46. The number of aliphatic hydroxyl groups excluding tert-OH is 1. The molecule has 0 bridgehead atoms. The van der Waals surface area contributed by atoms with Crippen molar-refractivity contribution in [1.29, 1.82) is 0 Å². The predicted molar refractivity (Wildman–Crippen MR) is 93.9 cm³/mol. The van der Waals surface area contributed by atoms with Crippen LogP contribution in [-0.4, -0.2) is 26.4 Å². The van der Waals surface area contributed by atoms with Gasteiger partial charge in [0, 0.05) is 18.4 Å². The van der Waals surface area contributed by atoms with Gasteiger partial charge in [-0.1, -0.05) is 0 Å². The van der Waals surface area contributed by atoms with E-state index in [2.05, 4.69) is 22.9 Å². The van der Waals surface area contributed by atoms with Gasteiger partial charge in [-0.2, -0.15) is 0 Å². The number of nitrogens with zero attached hydrogens (tertiary/aromatic N) is 1. The van der Waals surface area contributed by atoms with E-state index in [-0.39, 0.29) is 17.6 Å². The van der Waals surface area contributed by atoms with Crippen molar-refractivity contribution in [1.82, 2.24) is 0 Å². The van der Waals surface area contributed by atoms with Crippen molar-refractivity contribution in [3.63, 3.8) is 0 Å². The average molecular weight is 340 g/mol. The first kappa shape index (κ1) is 15.8. The highest BCUT2D eigenvalue weighted by Crippen LogP contribution is 2.40. The van der Waals surface area contributed by atoms with E-state index < -0.39 is 0 Å². The number of benzene rings is 1. The molecule has 2 aliphatic rings. The Labute approximate surface area is 146 Å². The maximum Gasteiger partial charge on any atom is 0.189 e. The number of pyridine rings is 1. The quantitative estimate of drug-likeness (QED) is 0.872. The molecule has 2 heterocycles. The van der Waals surface area contributed by atoms with Crippen LogP contribution in [0.25, 0.3) is 10.8 Å². The van der Waals surface area contributed by atoms with Crippen LogP contribution >= 0.6 is 0 Å².